The molecule has 0 aliphatic rings. The highest BCUT2D eigenvalue weighted by Crippen LogP contribution is 2.26. The number of benzene rings is 1. The standard InChI is InChI=1S/C13H19ClN2O3S/c1-9(2)8-19-5-4-16-20(17,18)13-7-12(15)10(3)6-11(13)14/h6-7,16H,1,4-5,8,15H2,2-3H3. The molecule has 0 bridgehead atoms. The van der Waals surface area contributed by atoms with Gasteiger partial charge in [0.2, 0.25) is 10.0 Å². The van der Waals surface area contributed by atoms with Gasteiger partial charge in [-0.15, -0.1) is 0 Å². The van der Waals surface area contributed by atoms with Crippen molar-refractivity contribution < 1.29 is 13.2 Å². The van der Waals surface area contributed by atoms with E-state index in [4.69, 9.17) is 22.1 Å². The lowest BCUT2D eigenvalue weighted by molar-refractivity contribution is 0.162. The topological polar surface area (TPSA) is 81.4 Å². The van der Waals surface area contributed by atoms with Gasteiger partial charge in [0.25, 0.3) is 0 Å². The summed E-state index contributed by atoms with van der Waals surface area (Å²) in [6.07, 6.45) is 0. The largest absolute Gasteiger partial charge is 0.398 e. The molecular weight excluding hydrogens is 300 g/mol. The average Bonchev–Trinajstić information content (AvgIpc) is 2.32. The van der Waals surface area contributed by atoms with Gasteiger partial charge in [-0.2, -0.15) is 0 Å². The first kappa shape index (κ1) is 17.0. The fraction of sp³-hybridized carbons (Fsp3) is 0.385. The molecule has 20 heavy (non-hydrogen) atoms. The summed E-state index contributed by atoms with van der Waals surface area (Å²) in [6.45, 7) is 8.09. The van der Waals surface area contributed by atoms with Gasteiger partial charge in [0, 0.05) is 12.2 Å². The van der Waals surface area contributed by atoms with Crippen LogP contribution in [0.3, 0.4) is 0 Å². The first-order valence-electron chi connectivity index (χ1n) is 6.01. The quantitative estimate of drug-likeness (QED) is 0.458. The second kappa shape index (κ2) is 7.08. The van der Waals surface area contributed by atoms with Crippen molar-refractivity contribution >= 4 is 27.3 Å². The molecule has 0 spiro atoms. The van der Waals surface area contributed by atoms with Crippen molar-refractivity contribution in [1.29, 1.82) is 0 Å². The second-order valence-corrected chi connectivity index (χ2v) is 6.69. The van der Waals surface area contributed by atoms with E-state index in [1.54, 1.807) is 6.92 Å². The Kier molecular flexibility index (Phi) is 6.01. The van der Waals surface area contributed by atoms with Gasteiger partial charge in [-0.25, -0.2) is 13.1 Å². The van der Waals surface area contributed by atoms with Crippen LogP contribution in [-0.2, 0) is 14.8 Å². The predicted octanol–water partition coefficient (Wildman–Crippen LogP) is 2.10. The van der Waals surface area contributed by atoms with Crippen LogP contribution < -0.4 is 10.5 Å². The number of rotatable bonds is 7. The van der Waals surface area contributed by atoms with E-state index in [1.807, 2.05) is 6.92 Å². The van der Waals surface area contributed by atoms with Crippen molar-refractivity contribution in [3.8, 4) is 0 Å². The zero-order valence-corrected chi connectivity index (χ0v) is 13.1. The molecule has 0 aromatic heterocycles. The van der Waals surface area contributed by atoms with E-state index >= 15 is 0 Å². The second-order valence-electron chi connectivity index (χ2n) is 4.55. The smallest absolute Gasteiger partial charge is 0.242 e. The van der Waals surface area contributed by atoms with Crippen molar-refractivity contribution in [3.05, 3.63) is 34.9 Å². The van der Waals surface area contributed by atoms with Crippen molar-refractivity contribution in [2.24, 2.45) is 0 Å². The summed E-state index contributed by atoms with van der Waals surface area (Å²) in [5.74, 6) is 0. The minimum absolute atomic E-state index is 0.0258. The maximum absolute atomic E-state index is 12.1. The number of anilines is 1. The third-order valence-electron chi connectivity index (χ3n) is 2.50. The number of nitrogens with two attached hydrogens (primary N) is 1. The van der Waals surface area contributed by atoms with E-state index < -0.39 is 10.0 Å². The number of nitrogen functional groups attached to an aromatic ring is 1. The van der Waals surface area contributed by atoms with Crippen LogP contribution in [-0.4, -0.2) is 28.2 Å². The normalized spacial score (nSPS) is 11.6. The third-order valence-corrected chi connectivity index (χ3v) is 4.42. The zero-order valence-electron chi connectivity index (χ0n) is 11.6. The van der Waals surface area contributed by atoms with Crippen molar-refractivity contribution in [2.45, 2.75) is 18.7 Å². The number of aryl methyl sites for hydroxylation is 1. The van der Waals surface area contributed by atoms with Gasteiger partial charge in [-0.1, -0.05) is 23.8 Å². The number of hydrogen-bond acceptors (Lipinski definition) is 4. The zero-order chi connectivity index (χ0) is 15.3. The SMILES string of the molecule is C=C(C)COCCNS(=O)(=O)c1cc(N)c(C)cc1Cl. The molecule has 1 rings (SSSR count). The molecule has 5 nitrogen and oxygen atoms in total. The highest BCUT2D eigenvalue weighted by molar-refractivity contribution is 7.89. The lowest BCUT2D eigenvalue weighted by Crippen LogP contribution is -2.28. The molecule has 0 unspecified atom stereocenters. The maximum atomic E-state index is 12.1. The average molecular weight is 319 g/mol. The van der Waals surface area contributed by atoms with Gasteiger partial charge in [0.1, 0.15) is 4.90 Å². The van der Waals surface area contributed by atoms with Crippen LogP contribution >= 0.6 is 11.6 Å². The Morgan fingerprint density at radius 1 is 1.50 bits per heavy atom. The lowest BCUT2D eigenvalue weighted by Gasteiger charge is -2.11. The van der Waals surface area contributed by atoms with Gasteiger partial charge >= 0.3 is 0 Å². The molecule has 0 atom stereocenters. The Morgan fingerprint density at radius 3 is 2.75 bits per heavy atom. The van der Waals surface area contributed by atoms with Crippen LogP contribution in [0.15, 0.2) is 29.2 Å². The predicted molar refractivity (Wildman–Crippen MR) is 81.4 cm³/mol. The number of ether oxygens (including phenoxy) is 1. The molecule has 0 radical (unpaired) electrons. The lowest BCUT2D eigenvalue weighted by atomic mass is 10.2. The molecule has 1 aromatic carbocycles. The van der Waals surface area contributed by atoms with Crippen molar-refractivity contribution in [2.75, 3.05) is 25.5 Å². The van der Waals surface area contributed by atoms with Crippen LogP contribution in [0, 0.1) is 6.92 Å². The van der Waals surface area contributed by atoms with Crippen molar-refractivity contribution in [1.82, 2.24) is 4.72 Å². The molecule has 112 valence electrons. The number of nitrogens with one attached hydrogen (secondary N) is 1. The van der Waals surface area contributed by atoms with E-state index in [1.165, 1.54) is 12.1 Å². The van der Waals surface area contributed by atoms with Gasteiger partial charge < -0.3 is 10.5 Å². The van der Waals surface area contributed by atoms with Gasteiger partial charge in [-0.05, 0) is 31.5 Å². The van der Waals surface area contributed by atoms with Crippen LogP contribution in [0.2, 0.25) is 5.02 Å². The van der Waals surface area contributed by atoms with Crippen LogP contribution in [0.4, 0.5) is 5.69 Å². The van der Waals surface area contributed by atoms with E-state index in [0.29, 0.717) is 12.3 Å². The molecule has 0 aliphatic carbocycles. The molecule has 0 saturated carbocycles. The Balaban J connectivity index is 2.70. The van der Waals surface area contributed by atoms with E-state index in [0.717, 1.165) is 11.1 Å². The van der Waals surface area contributed by atoms with Gasteiger partial charge in [-0.3, -0.25) is 0 Å². The molecule has 1 aromatic rings. The van der Waals surface area contributed by atoms with Gasteiger partial charge in [0.15, 0.2) is 0 Å². The molecule has 0 fully saturated rings. The summed E-state index contributed by atoms with van der Waals surface area (Å²) >= 11 is 5.95. The highest BCUT2D eigenvalue weighted by atomic mass is 35.5. The first-order chi connectivity index (χ1) is 9.24. The van der Waals surface area contributed by atoms with Gasteiger partial charge in [0.05, 0.1) is 18.2 Å². The van der Waals surface area contributed by atoms with Crippen LogP contribution in [0.5, 0.6) is 0 Å². The molecule has 0 amide bonds. The molecule has 0 aliphatic heterocycles. The molecular formula is C13H19ClN2O3S. The fourth-order valence-corrected chi connectivity index (χ4v) is 3.08. The first-order valence-corrected chi connectivity index (χ1v) is 7.87. The number of halogens is 1. The summed E-state index contributed by atoms with van der Waals surface area (Å²) in [7, 11) is -3.70. The Labute approximate surface area is 124 Å². The molecule has 0 saturated heterocycles. The highest BCUT2D eigenvalue weighted by Gasteiger charge is 2.18. The van der Waals surface area contributed by atoms with E-state index in [-0.39, 0.29) is 23.1 Å². The summed E-state index contributed by atoms with van der Waals surface area (Å²) in [4.78, 5) is -0.0258. The summed E-state index contributed by atoms with van der Waals surface area (Å²) < 4.78 is 31.8. The number of hydrogen-bond donors (Lipinski definition) is 2. The minimum atomic E-state index is -3.70. The molecule has 7 heteroatoms. The minimum Gasteiger partial charge on any atom is -0.398 e. The van der Waals surface area contributed by atoms with E-state index in [9.17, 15) is 8.42 Å². The molecule has 0 heterocycles. The van der Waals surface area contributed by atoms with Crippen LogP contribution in [0.25, 0.3) is 0 Å². The monoisotopic (exact) mass is 318 g/mol. The Morgan fingerprint density at radius 2 is 2.15 bits per heavy atom. The third kappa shape index (κ3) is 4.79. The van der Waals surface area contributed by atoms with Crippen LogP contribution in [0.1, 0.15) is 12.5 Å². The van der Waals surface area contributed by atoms with Crippen molar-refractivity contribution in [3.63, 3.8) is 0 Å². The van der Waals surface area contributed by atoms with E-state index in [2.05, 4.69) is 11.3 Å². The summed E-state index contributed by atoms with van der Waals surface area (Å²) in [6, 6.07) is 2.89. The maximum Gasteiger partial charge on any atom is 0.242 e. The Hall–Kier alpha value is -1.08. The summed E-state index contributed by atoms with van der Waals surface area (Å²) in [5.41, 5.74) is 7.71. The Bertz CT molecular complexity index is 600. The summed E-state index contributed by atoms with van der Waals surface area (Å²) in [5, 5.41) is 0.145. The fourth-order valence-electron chi connectivity index (χ4n) is 1.45. The molecule has 3 N–H and O–H groups in total. The number of sulfonamides is 1.